The molecule has 6 nitrogen and oxygen atoms in total. The van der Waals surface area contributed by atoms with Crippen LogP contribution in [0, 0.1) is 0 Å². The highest BCUT2D eigenvalue weighted by molar-refractivity contribution is 5.69. The number of carboxylic acids is 2. The van der Waals surface area contributed by atoms with Crippen LogP contribution in [0.25, 0.3) is 0 Å². The molecule has 1 fully saturated rings. The normalized spacial score (nSPS) is 14.8. The first kappa shape index (κ1) is 16.4. The monoisotopic (exact) mass is 260 g/mol. The smallest absolute Gasteiger partial charge is 0.305 e. The Morgan fingerprint density at radius 2 is 1.56 bits per heavy atom. The van der Waals surface area contributed by atoms with Crippen LogP contribution in [0.5, 0.6) is 0 Å². The van der Waals surface area contributed by atoms with Crippen LogP contribution in [-0.2, 0) is 19.1 Å². The van der Waals surface area contributed by atoms with Gasteiger partial charge in [-0.2, -0.15) is 0 Å². The maximum atomic E-state index is 10.5. The van der Waals surface area contributed by atoms with Crippen molar-refractivity contribution >= 4 is 17.9 Å². The number of aliphatic carboxylic acids is 2. The number of esters is 1. The molecule has 2 N–H and O–H groups in total. The molecule has 104 valence electrons. The van der Waals surface area contributed by atoms with E-state index in [1.807, 2.05) is 0 Å². The van der Waals surface area contributed by atoms with E-state index in [9.17, 15) is 14.4 Å². The second-order valence-electron chi connectivity index (χ2n) is 4.03. The lowest BCUT2D eigenvalue weighted by molar-refractivity contribution is -0.142. The van der Waals surface area contributed by atoms with Crippen LogP contribution in [0.2, 0.25) is 0 Å². The first-order valence-corrected chi connectivity index (χ1v) is 6.11. The maximum absolute atomic E-state index is 10.5. The summed E-state index contributed by atoms with van der Waals surface area (Å²) in [6.45, 7) is 0.638. The molecule has 0 aromatic carbocycles. The van der Waals surface area contributed by atoms with Crippen molar-refractivity contribution in [1.29, 1.82) is 0 Å². The zero-order chi connectivity index (χ0) is 13.8. The summed E-state index contributed by atoms with van der Waals surface area (Å²) in [5, 5.41) is 16.3. The van der Waals surface area contributed by atoms with Gasteiger partial charge in [0.05, 0.1) is 6.61 Å². The summed E-state index contributed by atoms with van der Waals surface area (Å²) in [7, 11) is 0. The third-order valence-corrected chi connectivity index (χ3v) is 2.32. The lowest BCUT2D eigenvalue weighted by Gasteiger charge is -1.93. The van der Waals surface area contributed by atoms with E-state index in [2.05, 4.69) is 0 Å². The predicted octanol–water partition coefficient (Wildman–Crippen LogP) is 1.82. The number of rotatable bonds is 5. The van der Waals surface area contributed by atoms with Crippen molar-refractivity contribution in [2.45, 2.75) is 51.4 Å². The molecular weight excluding hydrogens is 240 g/mol. The fraction of sp³-hybridized carbons (Fsp3) is 0.750. The minimum Gasteiger partial charge on any atom is -0.481 e. The summed E-state index contributed by atoms with van der Waals surface area (Å²) >= 11 is 0. The van der Waals surface area contributed by atoms with E-state index in [0.717, 1.165) is 19.3 Å². The van der Waals surface area contributed by atoms with Crippen LogP contribution < -0.4 is 0 Å². The van der Waals surface area contributed by atoms with Crippen molar-refractivity contribution in [3.63, 3.8) is 0 Å². The second-order valence-corrected chi connectivity index (χ2v) is 4.03. The van der Waals surface area contributed by atoms with Crippen LogP contribution in [0.15, 0.2) is 0 Å². The molecule has 1 aliphatic rings. The number of carbonyl (C=O) groups is 3. The SMILES string of the molecule is O=C(O)CCCCC(=O)O.O=C1CCCCCO1. The van der Waals surface area contributed by atoms with Crippen LogP contribution in [0.1, 0.15) is 51.4 Å². The van der Waals surface area contributed by atoms with Crippen LogP contribution in [0.4, 0.5) is 0 Å². The minimum absolute atomic E-state index is 0.0255. The molecule has 1 heterocycles. The van der Waals surface area contributed by atoms with Gasteiger partial charge in [0.1, 0.15) is 0 Å². The Morgan fingerprint density at radius 1 is 1.00 bits per heavy atom. The molecule has 0 atom stereocenters. The fourth-order valence-electron chi connectivity index (χ4n) is 1.36. The molecule has 0 spiro atoms. The highest BCUT2D eigenvalue weighted by atomic mass is 16.5. The van der Waals surface area contributed by atoms with E-state index in [1.165, 1.54) is 0 Å². The number of hydrogen-bond acceptors (Lipinski definition) is 4. The second kappa shape index (κ2) is 10.6. The zero-order valence-corrected chi connectivity index (χ0v) is 10.4. The molecule has 6 heteroatoms. The Morgan fingerprint density at radius 3 is 2.06 bits per heavy atom. The number of ether oxygens (including phenoxy) is 1. The molecule has 0 aromatic rings. The molecule has 1 rings (SSSR count). The molecular formula is C12H20O6. The van der Waals surface area contributed by atoms with Gasteiger partial charge >= 0.3 is 17.9 Å². The van der Waals surface area contributed by atoms with Crippen molar-refractivity contribution in [1.82, 2.24) is 0 Å². The van der Waals surface area contributed by atoms with Crippen molar-refractivity contribution in [3.05, 3.63) is 0 Å². The molecule has 0 aromatic heterocycles. The van der Waals surface area contributed by atoms with Crippen LogP contribution in [-0.4, -0.2) is 34.7 Å². The van der Waals surface area contributed by atoms with Gasteiger partial charge in [0, 0.05) is 19.3 Å². The van der Waals surface area contributed by atoms with Gasteiger partial charge in [-0.25, -0.2) is 0 Å². The molecule has 0 radical (unpaired) electrons. The first-order chi connectivity index (χ1) is 8.52. The lowest BCUT2D eigenvalue weighted by Crippen LogP contribution is -2.00. The highest BCUT2D eigenvalue weighted by Crippen LogP contribution is 2.06. The minimum atomic E-state index is -0.870. The topological polar surface area (TPSA) is 101 Å². The van der Waals surface area contributed by atoms with Gasteiger partial charge in [-0.15, -0.1) is 0 Å². The fourth-order valence-corrected chi connectivity index (χ4v) is 1.36. The van der Waals surface area contributed by atoms with Gasteiger partial charge < -0.3 is 14.9 Å². The number of carbonyl (C=O) groups excluding carboxylic acids is 1. The van der Waals surface area contributed by atoms with Crippen LogP contribution >= 0.6 is 0 Å². The Labute approximate surface area is 106 Å². The van der Waals surface area contributed by atoms with Crippen molar-refractivity contribution in [3.8, 4) is 0 Å². The van der Waals surface area contributed by atoms with Gasteiger partial charge in [-0.1, -0.05) is 0 Å². The maximum Gasteiger partial charge on any atom is 0.305 e. The summed E-state index contributed by atoms with van der Waals surface area (Å²) in [6.07, 6.45) is 4.85. The van der Waals surface area contributed by atoms with Gasteiger partial charge in [0.25, 0.3) is 0 Å². The highest BCUT2D eigenvalue weighted by Gasteiger charge is 2.05. The number of cyclic esters (lactones) is 1. The van der Waals surface area contributed by atoms with Gasteiger partial charge in [0.2, 0.25) is 0 Å². The van der Waals surface area contributed by atoms with Crippen molar-refractivity contribution < 1.29 is 29.3 Å². The summed E-state index contributed by atoms with van der Waals surface area (Å²) in [5.41, 5.74) is 0. The Kier molecular flexibility index (Phi) is 9.62. The van der Waals surface area contributed by atoms with Crippen molar-refractivity contribution in [2.24, 2.45) is 0 Å². The Balaban J connectivity index is 0.000000327. The van der Waals surface area contributed by atoms with Gasteiger partial charge in [-0.3, -0.25) is 14.4 Å². The number of unbranched alkanes of at least 4 members (excludes halogenated alkanes) is 1. The average molecular weight is 260 g/mol. The third kappa shape index (κ3) is 12.5. The summed E-state index contributed by atoms with van der Waals surface area (Å²) in [6, 6.07) is 0. The molecule has 0 amide bonds. The molecule has 0 bridgehead atoms. The molecule has 1 aliphatic heterocycles. The quantitative estimate of drug-likeness (QED) is 0.577. The van der Waals surface area contributed by atoms with E-state index in [0.29, 0.717) is 25.9 Å². The molecule has 18 heavy (non-hydrogen) atoms. The lowest BCUT2D eigenvalue weighted by atomic mass is 10.2. The summed E-state index contributed by atoms with van der Waals surface area (Å²) in [5.74, 6) is -1.77. The predicted molar refractivity (Wildman–Crippen MR) is 63.2 cm³/mol. The number of hydrogen-bond donors (Lipinski definition) is 2. The van der Waals surface area contributed by atoms with Crippen LogP contribution in [0.3, 0.4) is 0 Å². The summed E-state index contributed by atoms with van der Waals surface area (Å²) < 4.78 is 4.76. The Hall–Kier alpha value is -1.59. The summed E-state index contributed by atoms with van der Waals surface area (Å²) in [4.78, 5) is 30.3. The Bertz CT molecular complexity index is 248. The van der Waals surface area contributed by atoms with E-state index >= 15 is 0 Å². The average Bonchev–Trinajstić information content (AvgIpc) is 2.53. The zero-order valence-electron chi connectivity index (χ0n) is 10.4. The van der Waals surface area contributed by atoms with E-state index in [-0.39, 0.29) is 18.8 Å². The standard InChI is InChI=1S/C6H10O4.C6H10O2/c7-5(8)3-1-2-4-6(9)10;7-6-4-2-1-3-5-8-6/h1-4H2,(H,7,8)(H,9,10);1-5H2. The third-order valence-electron chi connectivity index (χ3n) is 2.32. The first-order valence-electron chi connectivity index (χ1n) is 6.11. The molecule has 1 saturated heterocycles. The van der Waals surface area contributed by atoms with E-state index < -0.39 is 11.9 Å². The molecule has 0 unspecified atom stereocenters. The molecule has 0 aliphatic carbocycles. The molecule has 0 saturated carbocycles. The van der Waals surface area contributed by atoms with Gasteiger partial charge in [0.15, 0.2) is 0 Å². The van der Waals surface area contributed by atoms with E-state index in [4.69, 9.17) is 14.9 Å². The largest absolute Gasteiger partial charge is 0.481 e. The van der Waals surface area contributed by atoms with Crippen molar-refractivity contribution in [2.75, 3.05) is 6.61 Å². The number of carboxylic acid groups (broad SMARTS) is 2. The van der Waals surface area contributed by atoms with E-state index in [1.54, 1.807) is 0 Å². The van der Waals surface area contributed by atoms with Gasteiger partial charge in [-0.05, 0) is 32.1 Å².